The van der Waals surface area contributed by atoms with E-state index in [9.17, 15) is 0 Å². The summed E-state index contributed by atoms with van der Waals surface area (Å²) in [6.07, 6.45) is 6.48. The predicted octanol–water partition coefficient (Wildman–Crippen LogP) is 2.84. The van der Waals surface area contributed by atoms with Gasteiger partial charge in [-0.1, -0.05) is 12.5 Å². The van der Waals surface area contributed by atoms with Crippen LogP contribution in [0.25, 0.3) is 0 Å². The lowest BCUT2D eigenvalue weighted by Gasteiger charge is -2.25. The summed E-state index contributed by atoms with van der Waals surface area (Å²) in [6.45, 7) is 1.25. The Morgan fingerprint density at radius 2 is 1.77 bits per heavy atom. The van der Waals surface area contributed by atoms with Gasteiger partial charge in [0.05, 0.1) is 5.38 Å². The third-order valence-electron chi connectivity index (χ3n) is 2.89. The summed E-state index contributed by atoms with van der Waals surface area (Å²) >= 11 is 6.49. The Morgan fingerprint density at radius 3 is 2.23 bits per heavy atom. The van der Waals surface area contributed by atoms with Crippen molar-refractivity contribution < 1.29 is 0 Å². The van der Waals surface area contributed by atoms with Gasteiger partial charge in [-0.3, -0.25) is 16.7 Å². The molecule has 1 aromatic rings. The van der Waals surface area contributed by atoms with Crippen LogP contribution in [-0.4, -0.2) is 23.2 Å². The zero-order chi connectivity index (χ0) is 13.4. The second-order valence-electron chi connectivity index (χ2n) is 4.43. The number of nitrogens with zero attached hydrogens (tertiary/aromatic N) is 2. The molecule has 0 aliphatic heterocycles. The highest BCUT2D eigenvalue weighted by atomic mass is 35.5. The Hall–Kier alpha value is 0.440. The summed E-state index contributed by atoms with van der Waals surface area (Å²) in [5.41, 5.74) is 6.50. The first kappa shape index (κ1) is 30.3. The van der Waals surface area contributed by atoms with Gasteiger partial charge in [0.15, 0.2) is 0 Å². The molecule has 0 saturated heterocycles. The van der Waals surface area contributed by atoms with E-state index in [2.05, 4.69) is 4.98 Å². The standard InChI is InChI=1S/C12H22ClN5.4ClH/c13-12(10-5-3-7-17-8-10)11(9-18(15)16)4-1-2-6-14;;;;/h3,5,7-8,11-12H,1-2,4,6,9,14-16H2;4*1H. The van der Waals surface area contributed by atoms with Crippen molar-refractivity contribution >= 4 is 61.2 Å². The van der Waals surface area contributed by atoms with Crippen LogP contribution in [0.5, 0.6) is 0 Å². The molecule has 6 N–H and O–H groups in total. The molecule has 0 bridgehead atoms. The number of pyridine rings is 1. The summed E-state index contributed by atoms with van der Waals surface area (Å²) in [5, 5.41) is 1.06. The quantitative estimate of drug-likeness (QED) is 0.262. The van der Waals surface area contributed by atoms with E-state index < -0.39 is 0 Å². The highest BCUT2D eigenvalue weighted by molar-refractivity contribution is 6.21. The first-order chi connectivity index (χ1) is 8.65. The van der Waals surface area contributed by atoms with Crippen molar-refractivity contribution in [2.75, 3.05) is 13.1 Å². The van der Waals surface area contributed by atoms with E-state index >= 15 is 0 Å². The smallest absolute Gasteiger partial charge is 0.0641 e. The zero-order valence-corrected chi connectivity index (χ0v) is 16.2. The molecule has 0 aromatic carbocycles. The molecule has 134 valence electrons. The topological polar surface area (TPSA) is 94.2 Å². The van der Waals surface area contributed by atoms with Gasteiger partial charge < -0.3 is 5.73 Å². The van der Waals surface area contributed by atoms with Crippen LogP contribution < -0.4 is 17.4 Å². The molecule has 0 spiro atoms. The maximum atomic E-state index is 6.49. The lowest BCUT2D eigenvalue weighted by atomic mass is 9.94. The molecule has 0 aliphatic carbocycles. The largest absolute Gasteiger partial charge is 0.330 e. The van der Waals surface area contributed by atoms with Crippen molar-refractivity contribution in [2.24, 2.45) is 23.3 Å². The lowest BCUT2D eigenvalue weighted by Crippen LogP contribution is -2.42. The summed E-state index contributed by atoms with van der Waals surface area (Å²) < 4.78 is 0. The number of nitrogens with two attached hydrogens (primary N) is 3. The molecular formula is C12H26Cl5N5. The van der Waals surface area contributed by atoms with Crippen LogP contribution >= 0.6 is 61.2 Å². The molecule has 5 nitrogen and oxygen atoms in total. The Bertz CT molecular complexity index is 331. The molecular weight excluding hydrogens is 391 g/mol. The van der Waals surface area contributed by atoms with E-state index in [1.165, 1.54) is 5.12 Å². The van der Waals surface area contributed by atoms with Gasteiger partial charge in [0, 0.05) is 18.9 Å². The van der Waals surface area contributed by atoms with Gasteiger partial charge in [0.25, 0.3) is 0 Å². The highest BCUT2D eigenvalue weighted by Crippen LogP contribution is 2.31. The monoisotopic (exact) mass is 415 g/mol. The molecule has 1 heterocycles. The van der Waals surface area contributed by atoms with Gasteiger partial charge in [0.2, 0.25) is 0 Å². The minimum Gasteiger partial charge on any atom is -0.330 e. The Morgan fingerprint density at radius 1 is 1.14 bits per heavy atom. The van der Waals surface area contributed by atoms with Crippen molar-refractivity contribution in [1.82, 2.24) is 10.1 Å². The van der Waals surface area contributed by atoms with Crippen molar-refractivity contribution in [3.05, 3.63) is 30.1 Å². The lowest BCUT2D eigenvalue weighted by molar-refractivity contribution is 0.228. The molecule has 1 aromatic heterocycles. The fourth-order valence-electron chi connectivity index (χ4n) is 1.96. The summed E-state index contributed by atoms with van der Waals surface area (Å²) in [4.78, 5) is 4.08. The van der Waals surface area contributed by atoms with E-state index in [1.807, 2.05) is 12.1 Å². The van der Waals surface area contributed by atoms with Crippen LogP contribution in [0, 0.1) is 5.92 Å². The third-order valence-corrected chi connectivity index (χ3v) is 3.50. The summed E-state index contributed by atoms with van der Waals surface area (Å²) in [5.74, 6) is 11.2. The maximum Gasteiger partial charge on any atom is 0.0641 e. The Labute approximate surface area is 162 Å². The van der Waals surface area contributed by atoms with E-state index in [-0.39, 0.29) is 60.9 Å². The van der Waals surface area contributed by atoms with Crippen LogP contribution in [0.15, 0.2) is 24.5 Å². The van der Waals surface area contributed by atoms with Gasteiger partial charge in [-0.25, -0.2) is 0 Å². The van der Waals surface area contributed by atoms with Crippen molar-refractivity contribution in [3.63, 3.8) is 0 Å². The van der Waals surface area contributed by atoms with E-state index in [0.717, 1.165) is 24.8 Å². The van der Waals surface area contributed by atoms with Gasteiger partial charge in [-0.15, -0.1) is 61.2 Å². The third kappa shape index (κ3) is 11.9. The molecule has 10 heteroatoms. The molecule has 0 aliphatic rings. The van der Waals surface area contributed by atoms with Crippen molar-refractivity contribution in [2.45, 2.75) is 24.6 Å². The molecule has 0 fully saturated rings. The SMILES string of the molecule is Cl.Cl.Cl.Cl.NCCCCC(CN(N)N)C(Cl)c1cccnc1. The van der Waals surface area contributed by atoms with Gasteiger partial charge in [-0.05, 0) is 36.9 Å². The fraction of sp³-hybridized carbons (Fsp3) is 0.583. The minimum absolute atomic E-state index is 0. The number of alkyl halides is 1. The maximum absolute atomic E-state index is 6.49. The predicted molar refractivity (Wildman–Crippen MR) is 103 cm³/mol. The molecule has 1 rings (SSSR count). The Balaban J connectivity index is -0.000000405. The van der Waals surface area contributed by atoms with Gasteiger partial charge in [0.1, 0.15) is 0 Å². The van der Waals surface area contributed by atoms with Crippen LogP contribution in [-0.2, 0) is 0 Å². The van der Waals surface area contributed by atoms with Crippen LogP contribution in [0.4, 0.5) is 0 Å². The molecule has 0 amide bonds. The highest BCUT2D eigenvalue weighted by Gasteiger charge is 2.22. The second kappa shape index (κ2) is 17.8. The zero-order valence-electron chi connectivity index (χ0n) is 12.1. The summed E-state index contributed by atoms with van der Waals surface area (Å²) in [6, 6.07) is 3.85. The van der Waals surface area contributed by atoms with Crippen LogP contribution in [0.2, 0.25) is 0 Å². The fourth-order valence-corrected chi connectivity index (χ4v) is 2.30. The van der Waals surface area contributed by atoms with Crippen molar-refractivity contribution in [3.8, 4) is 0 Å². The van der Waals surface area contributed by atoms with E-state index in [0.29, 0.717) is 13.1 Å². The number of hydrogen-bond donors (Lipinski definition) is 3. The second-order valence-corrected chi connectivity index (χ2v) is 4.90. The number of rotatable bonds is 8. The normalized spacial score (nSPS) is 12.0. The first-order valence-corrected chi connectivity index (χ1v) is 6.59. The molecule has 0 saturated carbocycles. The van der Waals surface area contributed by atoms with E-state index in [1.54, 1.807) is 12.4 Å². The number of halogens is 5. The van der Waals surface area contributed by atoms with Crippen LogP contribution in [0.1, 0.15) is 30.2 Å². The van der Waals surface area contributed by atoms with Gasteiger partial charge >= 0.3 is 0 Å². The van der Waals surface area contributed by atoms with Gasteiger partial charge in [-0.2, -0.15) is 5.12 Å². The number of hydrogen-bond acceptors (Lipinski definition) is 5. The van der Waals surface area contributed by atoms with Crippen LogP contribution in [0.3, 0.4) is 0 Å². The molecule has 2 unspecified atom stereocenters. The number of hydrazine groups is 2. The first-order valence-electron chi connectivity index (χ1n) is 6.16. The van der Waals surface area contributed by atoms with Crippen molar-refractivity contribution in [1.29, 1.82) is 0 Å². The minimum atomic E-state index is -0.133. The van der Waals surface area contributed by atoms with E-state index in [4.69, 9.17) is 29.0 Å². The Kier molecular flexibility index (Phi) is 24.5. The number of unbranched alkanes of at least 4 members (excludes halogenated alkanes) is 1. The average molecular weight is 418 g/mol. The summed E-state index contributed by atoms with van der Waals surface area (Å²) in [7, 11) is 0. The number of aromatic nitrogens is 1. The average Bonchev–Trinajstić information content (AvgIpc) is 2.37. The molecule has 22 heavy (non-hydrogen) atoms. The molecule has 0 radical (unpaired) electrons. The molecule has 2 atom stereocenters.